The summed E-state index contributed by atoms with van der Waals surface area (Å²) in [5, 5.41) is 3.68. The van der Waals surface area contributed by atoms with E-state index < -0.39 is 10.0 Å². The van der Waals surface area contributed by atoms with Crippen LogP contribution in [-0.4, -0.2) is 56.0 Å². The molecule has 0 spiro atoms. The summed E-state index contributed by atoms with van der Waals surface area (Å²) in [7, 11) is -2.31. The monoisotopic (exact) mass is 487 g/mol. The van der Waals surface area contributed by atoms with E-state index >= 15 is 0 Å². The van der Waals surface area contributed by atoms with Crippen LogP contribution in [0.5, 0.6) is 5.75 Å². The van der Waals surface area contributed by atoms with Gasteiger partial charge in [-0.15, -0.1) is 0 Å². The van der Waals surface area contributed by atoms with E-state index in [1.54, 1.807) is 6.07 Å². The van der Waals surface area contributed by atoms with Gasteiger partial charge in [0.15, 0.2) is 0 Å². The van der Waals surface area contributed by atoms with Gasteiger partial charge in [0.2, 0.25) is 16.0 Å². The number of nitrogens with zero attached hydrogens (tertiary/aromatic N) is 4. The molecule has 1 saturated heterocycles. The highest BCUT2D eigenvalue weighted by atomic mass is 35.5. The highest BCUT2D eigenvalue weighted by Gasteiger charge is 2.32. The predicted octanol–water partition coefficient (Wildman–Crippen LogP) is 4.01. The van der Waals surface area contributed by atoms with Crippen molar-refractivity contribution in [1.82, 2.24) is 14.3 Å². The molecular formula is C23H26ClN5O3S. The van der Waals surface area contributed by atoms with E-state index in [2.05, 4.69) is 15.3 Å². The minimum absolute atomic E-state index is 0.0789. The highest BCUT2D eigenvalue weighted by Crippen LogP contribution is 2.32. The number of para-hydroxylation sites is 1. The molecule has 2 heterocycles. The van der Waals surface area contributed by atoms with Crippen molar-refractivity contribution in [1.29, 1.82) is 0 Å². The standard InChI is InChI=1S/C23H26ClN5O3S/c1-16-13-20(32-3)21(15-19(16)24)33(30,31)29-11-9-28(10-12-29)23-25-17(2)14-22(27-23)26-18-7-5-4-6-8-18/h4-8,13-15H,9-12H2,1-3H3,(H,25,26,27). The van der Waals surface area contributed by atoms with Crippen LogP contribution in [0, 0.1) is 13.8 Å². The molecule has 0 atom stereocenters. The molecule has 10 heteroatoms. The van der Waals surface area contributed by atoms with Gasteiger partial charge in [-0.3, -0.25) is 0 Å². The van der Waals surface area contributed by atoms with Crippen molar-refractivity contribution >= 4 is 39.1 Å². The Balaban J connectivity index is 1.51. The summed E-state index contributed by atoms with van der Waals surface area (Å²) >= 11 is 6.21. The number of nitrogens with one attached hydrogen (secondary N) is 1. The van der Waals surface area contributed by atoms with Crippen LogP contribution < -0.4 is 15.0 Å². The number of aryl methyl sites for hydroxylation is 2. The number of halogens is 1. The van der Waals surface area contributed by atoms with E-state index in [4.69, 9.17) is 16.3 Å². The zero-order valence-electron chi connectivity index (χ0n) is 18.7. The number of methoxy groups -OCH3 is 1. The van der Waals surface area contributed by atoms with Gasteiger partial charge >= 0.3 is 0 Å². The lowest BCUT2D eigenvalue weighted by atomic mass is 10.2. The van der Waals surface area contributed by atoms with E-state index in [9.17, 15) is 8.42 Å². The molecule has 1 aliphatic heterocycles. The van der Waals surface area contributed by atoms with Crippen LogP contribution in [-0.2, 0) is 10.0 Å². The maximum Gasteiger partial charge on any atom is 0.246 e. The van der Waals surface area contributed by atoms with Gasteiger partial charge in [0, 0.05) is 48.6 Å². The minimum Gasteiger partial charge on any atom is -0.495 e. The summed E-state index contributed by atoms with van der Waals surface area (Å²) in [4.78, 5) is 11.3. The molecule has 33 heavy (non-hydrogen) atoms. The number of anilines is 3. The summed E-state index contributed by atoms with van der Waals surface area (Å²) in [5.41, 5.74) is 2.52. The molecule has 8 nitrogen and oxygen atoms in total. The van der Waals surface area contributed by atoms with Crippen LogP contribution in [0.2, 0.25) is 5.02 Å². The molecule has 2 aromatic carbocycles. The molecule has 1 fully saturated rings. The first-order valence-electron chi connectivity index (χ1n) is 10.5. The van der Waals surface area contributed by atoms with Crippen molar-refractivity contribution in [3.63, 3.8) is 0 Å². The zero-order valence-corrected chi connectivity index (χ0v) is 20.3. The second-order valence-electron chi connectivity index (χ2n) is 7.83. The number of ether oxygens (including phenoxy) is 1. The van der Waals surface area contributed by atoms with Crippen LogP contribution in [0.25, 0.3) is 0 Å². The van der Waals surface area contributed by atoms with E-state index in [0.717, 1.165) is 16.9 Å². The molecule has 1 aromatic heterocycles. The van der Waals surface area contributed by atoms with Gasteiger partial charge in [-0.1, -0.05) is 29.8 Å². The lowest BCUT2D eigenvalue weighted by Crippen LogP contribution is -2.49. The number of sulfonamides is 1. The maximum atomic E-state index is 13.3. The maximum absolute atomic E-state index is 13.3. The Kier molecular flexibility index (Phi) is 6.73. The SMILES string of the molecule is COc1cc(C)c(Cl)cc1S(=O)(=O)N1CCN(c2nc(C)cc(Nc3ccccc3)n2)CC1. The number of hydrogen-bond acceptors (Lipinski definition) is 7. The Hall–Kier alpha value is -2.88. The van der Waals surface area contributed by atoms with Crippen molar-refractivity contribution in [2.75, 3.05) is 43.5 Å². The first-order chi connectivity index (χ1) is 15.8. The fourth-order valence-corrected chi connectivity index (χ4v) is 5.51. The molecule has 1 aliphatic rings. The van der Waals surface area contributed by atoms with Crippen molar-refractivity contribution < 1.29 is 13.2 Å². The molecule has 0 aliphatic carbocycles. The third kappa shape index (κ3) is 5.05. The van der Waals surface area contributed by atoms with Gasteiger partial charge in [0.05, 0.1) is 7.11 Å². The summed E-state index contributed by atoms with van der Waals surface area (Å²) < 4.78 is 33.4. The third-order valence-corrected chi connectivity index (χ3v) is 7.80. The molecule has 3 aromatic rings. The van der Waals surface area contributed by atoms with Gasteiger partial charge in [-0.05, 0) is 43.7 Å². The topological polar surface area (TPSA) is 87.7 Å². The first-order valence-corrected chi connectivity index (χ1v) is 12.4. The Morgan fingerprint density at radius 3 is 2.36 bits per heavy atom. The number of piperazine rings is 1. The number of benzene rings is 2. The smallest absolute Gasteiger partial charge is 0.246 e. The molecule has 4 rings (SSSR count). The molecule has 0 amide bonds. The van der Waals surface area contributed by atoms with Gasteiger partial charge in [-0.25, -0.2) is 13.4 Å². The minimum atomic E-state index is -3.76. The fraction of sp³-hybridized carbons (Fsp3) is 0.304. The lowest BCUT2D eigenvalue weighted by molar-refractivity contribution is 0.372. The number of aromatic nitrogens is 2. The third-order valence-electron chi connectivity index (χ3n) is 5.47. The molecule has 174 valence electrons. The predicted molar refractivity (Wildman–Crippen MR) is 130 cm³/mol. The average molecular weight is 488 g/mol. The highest BCUT2D eigenvalue weighted by molar-refractivity contribution is 7.89. The second-order valence-corrected chi connectivity index (χ2v) is 10.1. The largest absolute Gasteiger partial charge is 0.495 e. The molecule has 0 unspecified atom stereocenters. The molecule has 1 N–H and O–H groups in total. The van der Waals surface area contributed by atoms with Gasteiger partial charge in [0.1, 0.15) is 16.5 Å². The zero-order chi connectivity index (χ0) is 23.6. The molecule has 0 saturated carbocycles. The quantitative estimate of drug-likeness (QED) is 0.562. The van der Waals surface area contributed by atoms with Crippen LogP contribution in [0.3, 0.4) is 0 Å². The van der Waals surface area contributed by atoms with Gasteiger partial charge < -0.3 is 15.0 Å². The Morgan fingerprint density at radius 1 is 1.00 bits per heavy atom. The first kappa shape index (κ1) is 23.3. The van der Waals surface area contributed by atoms with E-state index in [-0.39, 0.29) is 10.6 Å². The number of hydrogen-bond donors (Lipinski definition) is 1. The Labute approximate surface area is 199 Å². The van der Waals surface area contributed by atoms with E-state index in [1.807, 2.05) is 55.1 Å². The lowest BCUT2D eigenvalue weighted by Gasteiger charge is -2.34. The summed E-state index contributed by atoms with van der Waals surface area (Å²) in [6.07, 6.45) is 0. The Bertz CT molecular complexity index is 1250. The van der Waals surface area contributed by atoms with Crippen molar-refractivity contribution in [2.24, 2.45) is 0 Å². The fourth-order valence-electron chi connectivity index (χ4n) is 3.69. The van der Waals surface area contributed by atoms with Crippen molar-refractivity contribution in [2.45, 2.75) is 18.7 Å². The summed E-state index contributed by atoms with van der Waals surface area (Å²) in [6, 6.07) is 14.8. The second kappa shape index (κ2) is 9.54. The van der Waals surface area contributed by atoms with Crippen molar-refractivity contribution in [3.05, 3.63) is 64.8 Å². The molecule has 0 bridgehead atoms. The average Bonchev–Trinajstić information content (AvgIpc) is 2.81. The normalized spacial score (nSPS) is 14.8. The van der Waals surface area contributed by atoms with Gasteiger partial charge in [0.25, 0.3) is 0 Å². The van der Waals surface area contributed by atoms with E-state index in [0.29, 0.717) is 43.0 Å². The number of rotatable bonds is 6. The van der Waals surface area contributed by atoms with E-state index in [1.165, 1.54) is 17.5 Å². The molecule has 0 radical (unpaired) electrons. The van der Waals surface area contributed by atoms with Crippen LogP contribution >= 0.6 is 11.6 Å². The summed E-state index contributed by atoms with van der Waals surface area (Å²) in [6.45, 7) is 5.26. The van der Waals surface area contributed by atoms with Crippen molar-refractivity contribution in [3.8, 4) is 5.75 Å². The Morgan fingerprint density at radius 2 is 1.70 bits per heavy atom. The summed E-state index contributed by atoms with van der Waals surface area (Å²) in [5.74, 6) is 1.55. The van der Waals surface area contributed by atoms with Crippen LogP contribution in [0.15, 0.2) is 53.4 Å². The van der Waals surface area contributed by atoms with Crippen LogP contribution in [0.1, 0.15) is 11.3 Å². The van der Waals surface area contributed by atoms with Crippen LogP contribution in [0.4, 0.5) is 17.5 Å². The van der Waals surface area contributed by atoms with Gasteiger partial charge in [-0.2, -0.15) is 9.29 Å². The molecular weight excluding hydrogens is 462 g/mol.